The van der Waals surface area contributed by atoms with E-state index in [4.69, 9.17) is 16.9 Å². The first-order valence-corrected chi connectivity index (χ1v) is 8.33. The Bertz CT molecular complexity index is 324. The Hall–Kier alpha value is -1.32. The third-order valence-corrected chi connectivity index (χ3v) is 3.74. The largest absolute Gasteiger partial charge is 0.388 e. The Morgan fingerprint density at radius 2 is 1.29 bits per heavy atom. The van der Waals surface area contributed by atoms with Gasteiger partial charge in [0.2, 0.25) is 5.91 Å². The van der Waals surface area contributed by atoms with E-state index in [0.717, 1.165) is 25.7 Å². The SMILES string of the molecule is CC(=CCCCCCCCCCCCCC(=N)N)C(N)=O. The van der Waals surface area contributed by atoms with Crippen LogP contribution in [0.15, 0.2) is 11.6 Å². The van der Waals surface area contributed by atoms with Crippen molar-refractivity contribution in [2.75, 3.05) is 0 Å². The van der Waals surface area contributed by atoms with Crippen LogP contribution >= 0.6 is 0 Å². The van der Waals surface area contributed by atoms with Gasteiger partial charge in [0.1, 0.15) is 0 Å². The molecule has 0 saturated heterocycles. The average molecular weight is 295 g/mol. The zero-order chi connectivity index (χ0) is 15.9. The van der Waals surface area contributed by atoms with Crippen molar-refractivity contribution in [1.29, 1.82) is 5.41 Å². The molecule has 21 heavy (non-hydrogen) atoms. The molecule has 4 nitrogen and oxygen atoms in total. The highest BCUT2D eigenvalue weighted by atomic mass is 16.1. The Balaban J connectivity index is 3.18. The van der Waals surface area contributed by atoms with Crippen LogP contribution in [0.2, 0.25) is 0 Å². The van der Waals surface area contributed by atoms with Crippen molar-refractivity contribution in [1.82, 2.24) is 0 Å². The molecule has 0 aromatic rings. The summed E-state index contributed by atoms with van der Waals surface area (Å²) < 4.78 is 0. The smallest absolute Gasteiger partial charge is 0.244 e. The molecule has 0 aliphatic rings. The maximum atomic E-state index is 10.8. The molecular weight excluding hydrogens is 262 g/mol. The molecule has 0 aliphatic carbocycles. The number of allylic oxidation sites excluding steroid dienone is 1. The summed E-state index contributed by atoms with van der Waals surface area (Å²) >= 11 is 0. The van der Waals surface area contributed by atoms with Gasteiger partial charge in [0.05, 0.1) is 5.84 Å². The van der Waals surface area contributed by atoms with Crippen molar-refractivity contribution < 1.29 is 4.79 Å². The zero-order valence-electron chi connectivity index (χ0n) is 13.6. The molecule has 122 valence electrons. The molecule has 0 heterocycles. The third kappa shape index (κ3) is 14.9. The number of nitrogens with two attached hydrogens (primary N) is 2. The van der Waals surface area contributed by atoms with Crippen LogP contribution in [-0.2, 0) is 4.79 Å². The second-order valence-corrected chi connectivity index (χ2v) is 5.85. The summed E-state index contributed by atoms with van der Waals surface area (Å²) in [5, 5.41) is 7.13. The van der Waals surface area contributed by atoms with E-state index >= 15 is 0 Å². The lowest BCUT2D eigenvalue weighted by Gasteiger charge is -2.02. The second-order valence-electron chi connectivity index (χ2n) is 5.85. The number of amides is 1. The van der Waals surface area contributed by atoms with Crippen LogP contribution in [0.1, 0.15) is 84.0 Å². The molecule has 0 aromatic carbocycles. The number of primary amides is 1. The average Bonchev–Trinajstić information content (AvgIpc) is 2.43. The van der Waals surface area contributed by atoms with E-state index in [1.807, 2.05) is 6.08 Å². The van der Waals surface area contributed by atoms with Crippen LogP contribution < -0.4 is 11.5 Å². The van der Waals surface area contributed by atoms with Gasteiger partial charge in [0.25, 0.3) is 0 Å². The van der Waals surface area contributed by atoms with Crippen molar-refractivity contribution in [2.45, 2.75) is 84.0 Å². The van der Waals surface area contributed by atoms with E-state index in [-0.39, 0.29) is 5.91 Å². The molecule has 0 rings (SSSR count). The lowest BCUT2D eigenvalue weighted by Crippen LogP contribution is -2.11. The van der Waals surface area contributed by atoms with E-state index in [1.54, 1.807) is 6.92 Å². The summed E-state index contributed by atoms with van der Waals surface area (Å²) in [7, 11) is 0. The van der Waals surface area contributed by atoms with Gasteiger partial charge in [-0.2, -0.15) is 0 Å². The fraction of sp³-hybridized carbons (Fsp3) is 0.765. The normalized spacial score (nSPS) is 11.6. The highest BCUT2D eigenvalue weighted by molar-refractivity contribution is 5.91. The summed E-state index contributed by atoms with van der Waals surface area (Å²) in [5.74, 6) is 0.00849. The number of unbranched alkanes of at least 4 members (excludes halogenated alkanes) is 10. The number of hydrogen-bond acceptors (Lipinski definition) is 2. The number of rotatable bonds is 14. The minimum absolute atomic E-state index is 0.307. The maximum Gasteiger partial charge on any atom is 0.244 e. The minimum Gasteiger partial charge on any atom is -0.388 e. The predicted molar refractivity (Wildman–Crippen MR) is 90.3 cm³/mol. The van der Waals surface area contributed by atoms with Gasteiger partial charge in [-0.3, -0.25) is 10.2 Å². The lowest BCUT2D eigenvalue weighted by atomic mass is 10.0. The summed E-state index contributed by atoms with van der Waals surface area (Å²) in [4.78, 5) is 10.8. The summed E-state index contributed by atoms with van der Waals surface area (Å²) in [5.41, 5.74) is 11.2. The standard InChI is InChI=1S/C17H33N3O/c1-15(17(20)21)13-11-9-7-5-3-2-4-6-8-10-12-14-16(18)19/h13H,2-12,14H2,1H3,(H3,18,19)(H2,20,21). The van der Waals surface area contributed by atoms with Crippen LogP contribution in [0.25, 0.3) is 0 Å². The van der Waals surface area contributed by atoms with Crippen molar-refractivity contribution in [2.24, 2.45) is 11.5 Å². The molecule has 4 heteroatoms. The van der Waals surface area contributed by atoms with Crippen molar-refractivity contribution in [3.63, 3.8) is 0 Å². The van der Waals surface area contributed by atoms with Crippen LogP contribution in [0.5, 0.6) is 0 Å². The Labute approximate surface area is 129 Å². The minimum atomic E-state index is -0.307. The number of nitrogens with one attached hydrogen (secondary N) is 1. The molecule has 0 bridgehead atoms. The Kier molecular flexibility index (Phi) is 12.8. The molecule has 0 fully saturated rings. The highest BCUT2D eigenvalue weighted by Crippen LogP contribution is 2.12. The fourth-order valence-corrected chi connectivity index (χ4v) is 2.29. The van der Waals surface area contributed by atoms with Gasteiger partial charge in [-0.15, -0.1) is 0 Å². The topological polar surface area (TPSA) is 93.0 Å². The molecule has 1 amide bonds. The van der Waals surface area contributed by atoms with E-state index < -0.39 is 0 Å². The number of carbonyl (C=O) groups is 1. The number of amidine groups is 1. The van der Waals surface area contributed by atoms with Crippen molar-refractivity contribution in [3.8, 4) is 0 Å². The number of hydrogen-bond donors (Lipinski definition) is 3. The zero-order valence-corrected chi connectivity index (χ0v) is 13.6. The predicted octanol–water partition coefficient (Wildman–Crippen LogP) is 4.04. The van der Waals surface area contributed by atoms with Gasteiger partial charge < -0.3 is 11.5 Å². The van der Waals surface area contributed by atoms with Gasteiger partial charge in [-0.1, -0.05) is 57.4 Å². The molecule has 0 spiro atoms. The molecule has 0 aromatic heterocycles. The third-order valence-electron chi connectivity index (χ3n) is 3.74. The Morgan fingerprint density at radius 1 is 0.857 bits per heavy atom. The van der Waals surface area contributed by atoms with Crippen molar-refractivity contribution >= 4 is 11.7 Å². The maximum absolute atomic E-state index is 10.8. The van der Waals surface area contributed by atoms with Gasteiger partial charge in [0, 0.05) is 12.0 Å². The fourth-order valence-electron chi connectivity index (χ4n) is 2.29. The van der Waals surface area contributed by atoms with Gasteiger partial charge in [0.15, 0.2) is 0 Å². The van der Waals surface area contributed by atoms with Gasteiger partial charge >= 0.3 is 0 Å². The summed E-state index contributed by atoms with van der Waals surface area (Å²) in [6.07, 6.45) is 16.1. The molecule has 0 saturated carbocycles. The molecule has 0 atom stereocenters. The lowest BCUT2D eigenvalue weighted by molar-refractivity contribution is -0.114. The van der Waals surface area contributed by atoms with Crippen LogP contribution in [-0.4, -0.2) is 11.7 Å². The van der Waals surface area contributed by atoms with E-state index in [2.05, 4.69) is 0 Å². The molecular formula is C17H33N3O. The first kappa shape index (κ1) is 19.7. The Morgan fingerprint density at radius 3 is 1.71 bits per heavy atom. The summed E-state index contributed by atoms with van der Waals surface area (Å²) in [6, 6.07) is 0. The van der Waals surface area contributed by atoms with Crippen molar-refractivity contribution in [3.05, 3.63) is 11.6 Å². The second kappa shape index (κ2) is 13.7. The molecule has 0 aliphatic heterocycles. The van der Waals surface area contributed by atoms with E-state index in [0.29, 0.717) is 11.4 Å². The van der Waals surface area contributed by atoms with Crippen LogP contribution in [0.4, 0.5) is 0 Å². The quantitative estimate of drug-likeness (QED) is 0.195. The van der Waals surface area contributed by atoms with Crippen LogP contribution in [0, 0.1) is 5.41 Å². The van der Waals surface area contributed by atoms with Crippen LogP contribution in [0.3, 0.4) is 0 Å². The first-order valence-electron chi connectivity index (χ1n) is 8.33. The number of carbonyl (C=O) groups excluding carboxylic acids is 1. The molecule has 0 radical (unpaired) electrons. The highest BCUT2D eigenvalue weighted by Gasteiger charge is 1.96. The van der Waals surface area contributed by atoms with Gasteiger partial charge in [-0.25, -0.2) is 0 Å². The monoisotopic (exact) mass is 295 g/mol. The molecule has 0 unspecified atom stereocenters. The molecule has 5 N–H and O–H groups in total. The van der Waals surface area contributed by atoms with Gasteiger partial charge in [-0.05, 0) is 26.2 Å². The summed E-state index contributed by atoms with van der Waals surface area (Å²) in [6.45, 7) is 1.78. The van der Waals surface area contributed by atoms with E-state index in [9.17, 15) is 4.79 Å². The van der Waals surface area contributed by atoms with E-state index in [1.165, 1.54) is 51.4 Å². The first-order chi connectivity index (χ1) is 10.0.